The van der Waals surface area contributed by atoms with Gasteiger partial charge in [0.15, 0.2) is 0 Å². The lowest BCUT2D eigenvalue weighted by Crippen LogP contribution is -2.49. The number of carbonyl (C=O) groups is 2. The first kappa shape index (κ1) is 12.6. The van der Waals surface area contributed by atoms with Crippen molar-refractivity contribution in [3.05, 3.63) is 23.7 Å². The van der Waals surface area contributed by atoms with Crippen molar-refractivity contribution in [3.8, 4) is 0 Å². The van der Waals surface area contributed by atoms with Crippen LogP contribution in [0.3, 0.4) is 0 Å². The second-order valence-corrected chi connectivity index (χ2v) is 4.20. The molecule has 1 fully saturated rings. The third-order valence-corrected chi connectivity index (χ3v) is 2.97. The molecule has 1 aromatic heterocycles. The van der Waals surface area contributed by atoms with Crippen LogP contribution in [-0.2, 0) is 4.79 Å². The summed E-state index contributed by atoms with van der Waals surface area (Å²) in [5, 5.41) is 5.78. The molecule has 0 saturated carbocycles. The van der Waals surface area contributed by atoms with Gasteiger partial charge in [-0.1, -0.05) is 0 Å². The molecule has 2 amide bonds. The topological polar surface area (TPSA) is 74.6 Å². The van der Waals surface area contributed by atoms with Crippen molar-refractivity contribution in [3.63, 3.8) is 0 Å². The van der Waals surface area contributed by atoms with Crippen molar-refractivity contribution < 1.29 is 14.0 Å². The molecule has 0 atom stereocenters. The van der Waals surface area contributed by atoms with Crippen molar-refractivity contribution in [2.45, 2.75) is 6.92 Å². The van der Waals surface area contributed by atoms with E-state index in [-0.39, 0.29) is 18.4 Å². The fraction of sp³-hybridized carbons (Fsp3) is 0.500. The lowest BCUT2D eigenvalue weighted by atomic mass is 10.2. The monoisotopic (exact) mass is 251 g/mol. The van der Waals surface area contributed by atoms with Crippen LogP contribution in [-0.4, -0.2) is 49.4 Å². The van der Waals surface area contributed by atoms with E-state index in [2.05, 4.69) is 10.6 Å². The molecule has 1 aliphatic heterocycles. The highest BCUT2D eigenvalue weighted by Crippen LogP contribution is 2.07. The molecule has 0 unspecified atom stereocenters. The molecule has 1 aliphatic rings. The molecular formula is C12H17N3O3. The number of carbonyl (C=O) groups excluding carboxylic acids is 2. The Bertz CT molecular complexity index is 436. The normalized spacial score (nSPS) is 15.5. The quantitative estimate of drug-likeness (QED) is 0.777. The fourth-order valence-corrected chi connectivity index (χ4v) is 1.90. The number of amides is 2. The molecule has 1 aromatic rings. The summed E-state index contributed by atoms with van der Waals surface area (Å²) in [6.45, 7) is 4.75. The predicted octanol–water partition coefficient (Wildman–Crippen LogP) is -0.250. The van der Waals surface area contributed by atoms with E-state index >= 15 is 0 Å². The van der Waals surface area contributed by atoms with Crippen LogP contribution in [0.15, 0.2) is 16.7 Å². The Hall–Kier alpha value is -1.82. The van der Waals surface area contributed by atoms with Gasteiger partial charge in [-0.25, -0.2) is 0 Å². The molecule has 2 heterocycles. The number of rotatable bonds is 3. The predicted molar refractivity (Wildman–Crippen MR) is 65.2 cm³/mol. The van der Waals surface area contributed by atoms with E-state index in [1.54, 1.807) is 17.9 Å². The number of hydrogen-bond acceptors (Lipinski definition) is 4. The van der Waals surface area contributed by atoms with E-state index in [0.29, 0.717) is 24.4 Å². The molecule has 0 aromatic carbocycles. The average molecular weight is 251 g/mol. The summed E-state index contributed by atoms with van der Waals surface area (Å²) in [4.78, 5) is 25.3. The minimum absolute atomic E-state index is 0.0312. The van der Waals surface area contributed by atoms with Gasteiger partial charge in [-0.05, 0) is 13.0 Å². The van der Waals surface area contributed by atoms with Gasteiger partial charge in [0.1, 0.15) is 5.76 Å². The minimum Gasteiger partial charge on any atom is -0.469 e. The molecule has 0 radical (unpaired) electrons. The second kappa shape index (κ2) is 5.68. The largest absolute Gasteiger partial charge is 0.469 e. The molecular weight excluding hydrogens is 234 g/mol. The molecule has 6 heteroatoms. The highest BCUT2D eigenvalue weighted by molar-refractivity contribution is 5.97. The standard InChI is InChI=1S/C12H17N3O3/c1-9-10(2-7-18-9)12(17)14-8-11(16)15-5-3-13-4-6-15/h2,7,13H,3-6,8H2,1H3,(H,14,17). The van der Waals surface area contributed by atoms with Crippen LogP contribution in [0.2, 0.25) is 0 Å². The molecule has 0 bridgehead atoms. The van der Waals surface area contributed by atoms with Gasteiger partial charge >= 0.3 is 0 Å². The summed E-state index contributed by atoms with van der Waals surface area (Å²) < 4.78 is 5.04. The van der Waals surface area contributed by atoms with Gasteiger partial charge < -0.3 is 20.0 Å². The van der Waals surface area contributed by atoms with Gasteiger partial charge in [-0.2, -0.15) is 0 Å². The van der Waals surface area contributed by atoms with E-state index in [9.17, 15) is 9.59 Å². The zero-order valence-corrected chi connectivity index (χ0v) is 10.4. The van der Waals surface area contributed by atoms with Crippen molar-refractivity contribution in [1.82, 2.24) is 15.5 Å². The Balaban J connectivity index is 1.82. The third-order valence-electron chi connectivity index (χ3n) is 2.97. The van der Waals surface area contributed by atoms with Gasteiger partial charge in [-0.15, -0.1) is 0 Å². The van der Waals surface area contributed by atoms with Crippen LogP contribution >= 0.6 is 0 Å². The van der Waals surface area contributed by atoms with E-state index < -0.39 is 0 Å². The Labute approximate surface area is 105 Å². The van der Waals surface area contributed by atoms with Gasteiger partial charge in [0, 0.05) is 26.2 Å². The second-order valence-electron chi connectivity index (χ2n) is 4.20. The van der Waals surface area contributed by atoms with Crippen molar-refractivity contribution in [2.75, 3.05) is 32.7 Å². The molecule has 98 valence electrons. The Morgan fingerprint density at radius 2 is 2.17 bits per heavy atom. The summed E-state index contributed by atoms with van der Waals surface area (Å²) in [7, 11) is 0. The average Bonchev–Trinajstić information content (AvgIpc) is 2.83. The third kappa shape index (κ3) is 2.89. The molecule has 1 saturated heterocycles. The van der Waals surface area contributed by atoms with Crippen LogP contribution in [0.4, 0.5) is 0 Å². The van der Waals surface area contributed by atoms with Crippen LogP contribution in [0.25, 0.3) is 0 Å². The van der Waals surface area contributed by atoms with E-state index in [4.69, 9.17) is 4.42 Å². The summed E-state index contributed by atoms with van der Waals surface area (Å²) in [5.74, 6) is 0.234. The highest BCUT2D eigenvalue weighted by Gasteiger charge is 2.18. The molecule has 2 rings (SSSR count). The number of piperazine rings is 1. The zero-order valence-electron chi connectivity index (χ0n) is 10.4. The Morgan fingerprint density at radius 1 is 1.44 bits per heavy atom. The van der Waals surface area contributed by atoms with E-state index in [1.807, 2.05) is 0 Å². The lowest BCUT2D eigenvalue weighted by molar-refractivity contribution is -0.130. The molecule has 0 spiro atoms. The van der Waals surface area contributed by atoms with Crippen molar-refractivity contribution in [2.24, 2.45) is 0 Å². The smallest absolute Gasteiger partial charge is 0.255 e. The number of hydrogen-bond donors (Lipinski definition) is 2. The SMILES string of the molecule is Cc1occc1C(=O)NCC(=O)N1CCNCC1. The molecule has 2 N–H and O–H groups in total. The van der Waals surface area contributed by atoms with Gasteiger partial charge in [-0.3, -0.25) is 9.59 Å². The summed E-state index contributed by atoms with van der Waals surface area (Å²) in [6, 6.07) is 1.60. The number of furan rings is 1. The maximum Gasteiger partial charge on any atom is 0.255 e. The van der Waals surface area contributed by atoms with Gasteiger partial charge in [0.2, 0.25) is 5.91 Å². The van der Waals surface area contributed by atoms with Gasteiger partial charge in [0.05, 0.1) is 18.4 Å². The van der Waals surface area contributed by atoms with Gasteiger partial charge in [0.25, 0.3) is 5.91 Å². The summed E-state index contributed by atoms with van der Waals surface area (Å²) in [5.41, 5.74) is 0.475. The maximum absolute atomic E-state index is 11.8. The van der Waals surface area contributed by atoms with Crippen LogP contribution in [0.1, 0.15) is 16.1 Å². The first-order chi connectivity index (χ1) is 8.68. The lowest BCUT2D eigenvalue weighted by Gasteiger charge is -2.27. The Morgan fingerprint density at radius 3 is 2.78 bits per heavy atom. The summed E-state index contributed by atoms with van der Waals surface area (Å²) >= 11 is 0. The maximum atomic E-state index is 11.8. The number of nitrogens with one attached hydrogen (secondary N) is 2. The van der Waals surface area contributed by atoms with E-state index in [1.165, 1.54) is 6.26 Å². The zero-order chi connectivity index (χ0) is 13.0. The van der Waals surface area contributed by atoms with E-state index in [0.717, 1.165) is 13.1 Å². The molecule has 0 aliphatic carbocycles. The first-order valence-corrected chi connectivity index (χ1v) is 5.99. The minimum atomic E-state index is -0.273. The molecule has 18 heavy (non-hydrogen) atoms. The first-order valence-electron chi connectivity index (χ1n) is 5.99. The van der Waals surface area contributed by atoms with Crippen LogP contribution in [0, 0.1) is 6.92 Å². The van der Waals surface area contributed by atoms with Crippen molar-refractivity contribution in [1.29, 1.82) is 0 Å². The number of aryl methyl sites for hydroxylation is 1. The summed E-state index contributed by atoms with van der Waals surface area (Å²) in [6.07, 6.45) is 1.46. The van der Waals surface area contributed by atoms with Crippen LogP contribution < -0.4 is 10.6 Å². The highest BCUT2D eigenvalue weighted by atomic mass is 16.3. The fourth-order valence-electron chi connectivity index (χ4n) is 1.90. The Kier molecular flexibility index (Phi) is 3.99. The number of nitrogens with zero attached hydrogens (tertiary/aromatic N) is 1. The van der Waals surface area contributed by atoms with Crippen molar-refractivity contribution >= 4 is 11.8 Å². The molecule has 6 nitrogen and oxygen atoms in total. The van der Waals surface area contributed by atoms with Crippen LogP contribution in [0.5, 0.6) is 0 Å².